The Bertz CT molecular complexity index is 1060. The van der Waals surface area contributed by atoms with Crippen molar-refractivity contribution in [3.63, 3.8) is 0 Å². The van der Waals surface area contributed by atoms with Gasteiger partial charge in [-0.25, -0.2) is 0 Å². The van der Waals surface area contributed by atoms with E-state index in [9.17, 15) is 14.7 Å². The third-order valence-corrected chi connectivity index (χ3v) is 6.39. The molecule has 1 amide bonds. The van der Waals surface area contributed by atoms with Crippen molar-refractivity contribution in [2.75, 3.05) is 53.1 Å². The van der Waals surface area contributed by atoms with Gasteiger partial charge in [-0.15, -0.1) is 0 Å². The Morgan fingerprint density at radius 2 is 1.66 bits per heavy atom. The Morgan fingerprint density at radius 3 is 2.29 bits per heavy atom. The van der Waals surface area contributed by atoms with Gasteiger partial charge in [0.15, 0.2) is 0 Å². The molecule has 0 aromatic heterocycles. The molecule has 2 saturated heterocycles. The maximum Gasteiger partial charge on any atom is 0.295 e. The molecule has 1 unspecified atom stereocenters. The number of Topliss-reactive ketones (excluding diaryl/α,β-unsaturated/α-hetero) is 1. The third-order valence-electron chi connectivity index (χ3n) is 6.39. The van der Waals surface area contributed by atoms with E-state index >= 15 is 0 Å². The van der Waals surface area contributed by atoms with E-state index in [4.69, 9.17) is 14.2 Å². The largest absolute Gasteiger partial charge is 0.507 e. The number of morpholine rings is 1. The maximum atomic E-state index is 13.2. The van der Waals surface area contributed by atoms with Crippen molar-refractivity contribution in [1.29, 1.82) is 0 Å². The highest BCUT2D eigenvalue weighted by Crippen LogP contribution is 2.40. The minimum absolute atomic E-state index is 0.0932. The number of rotatable bonds is 9. The van der Waals surface area contributed by atoms with Crippen LogP contribution >= 0.6 is 0 Å². The number of amides is 1. The fraction of sp³-hybridized carbons (Fsp3) is 0.407. The molecule has 0 spiro atoms. The van der Waals surface area contributed by atoms with Crippen LogP contribution in [-0.2, 0) is 14.3 Å². The predicted octanol–water partition coefficient (Wildman–Crippen LogP) is 3.24. The number of benzene rings is 2. The van der Waals surface area contributed by atoms with Crippen LogP contribution in [0.2, 0.25) is 0 Å². The van der Waals surface area contributed by atoms with E-state index in [2.05, 4.69) is 4.90 Å². The maximum absolute atomic E-state index is 13.2. The van der Waals surface area contributed by atoms with Crippen LogP contribution < -0.4 is 9.47 Å². The highest BCUT2D eigenvalue weighted by Gasteiger charge is 2.45. The minimum atomic E-state index is -0.683. The van der Waals surface area contributed by atoms with Crippen LogP contribution in [0.4, 0.5) is 0 Å². The predicted molar refractivity (Wildman–Crippen MR) is 131 cm³/mol. The van der Waals surface area contributed by atoms with Crippen LogP contribution in [0.3, 0.4) is 0 Å². The van der Waals surface area contributed by atoms with Crippen molar-refractivity contribution in [2.24, 2.45) is 0 Å². The van der Waals surface area contributed by atoms with Crippen LogP contribution in [0, 0.1) is 0 Å². The molecular weight excluding hydrogens is 448 g/mol. The first-order chi connectivity index (χ1) is 17.0. The summed E-state index contributed by atoms with van der Waals surface area (Å²) in [5.74, 6) is -0.131. The molecule has 0 aliphatic carbocycles. The topological polar surface area (TPSA) is 88.5 Å². The van der Waals surface area contributed by atoms with Gasteiger partial charge in [0, 0.05) is 31.7 Å². The van der Waals surface area contributed by atoms with Crippen LogP contribution in [0.1, 0.15) is 30.5 Å². The van der Waals surface area contributed by atoms with E-state index in [0.717, 1.165) is 25.2 Å². The Hall–Kier alpha value is -3.36. The molecule has 2 fully saturated rings. The van der Waals surface area contributed by atoms with Gasteiger partial charge in [0.1, 0.15) is 17.3 Å². The number of aliphatic hydroxyl groups is 1. The summed E-state index contributed by atoms with van der Waals surface area (Å²) in [6.07, 6.45) is 0.711. The average molecular weight is 481 g/mol. The standard InChI is InChI=1S/C27H32N2O6/c1-3-35-22-11-5-19(6-12-22)24-23(25(30)20-7-9-21(33-2)10-8-20)26(31)27(32)29(24)14-4-13-28-15-17-34-18-16-28/h5-12,24,30H,3-4,13-18H2,1-2H3/b25-23-. The summed E-state index contributed by atoms with van der Waals surface area (Å²) in [6.45, 7) is 6.79. The third kappa shape index (κ3) is 5.49. The minimum Gasteiger partial charge on any atom is -0.507 e. The highest BCUT2D eigenvalue weighted by atomic mass is 16.5. The lowest BCUT2D eigenvalue weighted by molar-refractivity contribution is -0.140. The Balaban J connectivity index is 1.66. The lowest BCUT2D eigenvalue weighted by Crippen LogP contribution is -2.38. The normalized spacial score (nSPS) is 20.3. The number of methoxy groups -OCH3 is 1. The van der Waals surface area contributed by atoms with Gasteiger partial charge >= 0.3 is 0 Å². The fourth-order valence-electron chi connectivity index (χ4n) is 4.56. The lowest BCUT2D eigenvalue weighted by Gasteiger charge is -2.29. The van der Waals surface area contributed by atoms with Gasteiger partial charge in [0.2, 0.25) is 0 Å². The number of ether oxygens (including phenoxy) is 3. The van der Waals surface area contributed by atoms with Gasteiger partial charge in [-0.1, -0.05) is 12.1 Å². The molecule has 8 nitrogen and oxygen atoms in total. The number of hydrogen-bond acceptors (Lipinski definition) is 7. The molecule has 8 heteroatoms. The quantitative estimate of drug-likeness (QED) is 0.335. The molecular formula is C27H32N2O6. The molecule has 2 aliphatic rings. The summed E-state index contributed by atoms with van der Waals surface area (Å²) in [6, 6.07) is 13.4. The number of hydrogen-bond donors (Lipinski definition) is 1. The summed E-state index contributed by atoms with van der Waals surface area (Å²) >= 11 is 0. The van der Waals surface area contributed by atoms with Crippen molar-refractivity contribution in [3.8, 4) is 11.5 Å². The Labute approximate surface area is 205 Å². The fourth-order valence-corrected chi connectivity index (χ4v) is 4.56. The van der Waals surface area contributed by atoms with Crippen molar-refractivity contribution >= 4 is 17.4 Å². The van der Waals surface area contributed by atoms with E-state index in [1.54, 1.807) is 36.3 Å². The molecule has 0 saturated carbocycles. The van der Waals surface area contributed by atoms with E-state index in [0.29, 0.717) is 49.8 Å². The second kappa shape index (κ2) is 11.4. The molecule has 2 aromatic rings. The Morgan fingerprint density at radius 1 is 1.00 bits per heavy atom. The van der Waals surface area contributed by atoms with Crippen LogP contribution in [0.25, 0.3) is 5.76 Å². The van der Waals surface area contributed by atoms with Crippen LogP contribution in [-0.4, -0.2) is 79.7 Å². The molecule has 186 valence electrons. The summed E-state index contributed by atoms with van der Waals surface area (Å²) in [4.78, 5) is 30.2. The first kappa shape index (κ1) is 24.8. The van der Waals surface area contributed by atoms with E-state index in [1.807, 2.05) is 31.2 Å². The summed E-state index contributed by atoms with van der Waals surface area (Å²) in [7, 11) is 1.56. The molecule has 2 aromatic carbocycles. The molecule has 1 N–H and O–H groups in total. The lowest BCUT2D eigenvalue weighted by atomic mass is 9.95. The van der Waals surface area contributed by atoms with Gasteiger partial charge in [-0.05, 0) is 55.3 Å². The summed E-state index contributed by atoms with van der Waals surface area (Å²) in [5.41, 5.74) is 1.29. The molecule has 2 heterocycles. The van der Waals surface area contributed by atoms with Crippen molar-refractivity contribution in [3.05, 3.63) is 65.2 Å². The SMILES string of the molecule is CCOc1ccc(C2/C(=C(/O)c3ccc(OC)cc3)C(=O)C(=O)N2CCCN2CCOCC2)cc1. The van der Waals surface area contributed by atoms with Crippen molar-refractivity contribution in [1.82, 2.24) is 9.80 Å². The molecule has 4 rings (SSSR count). The van der Waals surface area contributed by atoms with E-state index in [1.165, 1.54) is 0 Å². The number of carbonyl (C=O) groups excluding carboxylic acids is 2. The molecule has 1 atom stereocenters. The number of ketones is 1. The first-order valence-corrected chi connectivity index (χ1v) is 12.0. The monoisotopic (exact) mass is 480 g/mol. The van der Waals surface area contributed by atoms with Crippen molar-refractivity contribution in [2.45, 2.75) is 19.4 Å². The average Bonchev–Trinajstić information content (AvgIpc) is 3.14. The number of nitrogens with zero attached hydrogens (tertiary/aromatic N) is 2. The zero-order valence-electron chi connectivity index (χ0n) is 20.2. The first-order valence-electron chi connectivity index (χ1n) is 12.0. The molecule has 0 bridgehead atoms. The van der Waals surface area contributed by atoms with Gasteiger partial charge in [-0.2, -0.15) is 0 Å². The van der Waals surface area contributed by atoms with E-state index in [-0.39, 0.29) is 11.3 Å². The van der Waals surface area contributed by atoms with Gasteiger partial charge in [0.05, 0.1) is 38.5 Å². The second-order valence-corrected chi connectivity index (χ2v) is 8.53. The summed E-state index contributed by atoms with van der Waals surface area (Å²) in [5, 5.41) is 11.2. The zero-order chi connectivity index (χ0) is 24.8. The zero-order valence-corrected chi connectivity index (χ0v) is 20.2. The number of carbonyl (C=O) groups is 2. The smallest absolute Gasteiger partial charge is 0.295 e. The highest BCUT2D eigenvalue weighted by molar-refractivity contribution is 6.46. The van der Waals surface area contributed by atoms with Gasteiger partial charge < -0.3 is 24.2 Å². The Kier molecular flexibility index (Phi) is 8.05. The number of aliphatic hydroxyl groups excluding tert-OH is 1. The van der Waals surface area contributed by atoms with E-state index < -0.39 is 17.7 Å². The van der Waals surface area contributed by atoms with Crippen LogP contribution in [0.5, 0.6) is 11.5 Å². The molecule has 2 aliphatic heterocycles. The van der Waals surface area contributed by atoms with Gasteiger partial charge in [0.25, 0.3) is 11.7 Å². The van der Waals surface area contributed by atoms with Crippen molar-refractivity contribution < 1.29 is 28.9 Å². The second-order valence-electron chi connectivity index (χ2n) is 8.53. The molecule has 35 heavy (non-hydrogen) atoms. The van der Waals surface area contributed by atoms with Crippen LogP contribution in [0.15, 0.2) is 54.1 Å². The number of likely N-dealkylation sites (tertiary alicyclic amines) is 1. The van der Waals surface area contributed by atoms with Gasteiger partial charge in [-0.3, -0.25) is 14.5 Å². The molecule has 0 radical (unpaired) electrons. The summed E-state index contributed by atoms with van der Waals surface area (Å²) < 4.78 is 16.2.